The second-order valence-electron chi connectivity index (χ2n) is 7.50. The van der Waals surface area contributed by atoms with Crippen LogP contribution in [0.15, 0.2) is 24.3 Å². The van der Waals surface area contributed by atoms with Gasteiger partial charge >= 0.3 is 5.97 Å². The molecule has 0 bridgehead atoms. The Hall–Kier alpha value is -2.60. The molecular weight excluding hydrogens is 396 g/mol. The Balaban J connectivity index is 1.91. The number of ether oxygens (including phenoxy) is 2. The first-order valence-corrected chi connectivity index (χ1v) is 11.3. The zero-order valence-electron chi connectivity index (χ0n) is 16.8. The number of hydrogen-bond donors (Lipinski definition) is 0. The van der Waals surface area contributed by atoms with E-state index in [-0.39, 0.29) is 23.5 Å². The van der Waals surface area contributed by atoms with Crippen LogP contribution in [0.1, 0.15) is 32.8 Å². The van der Waals surface area contributed by atoms with Crippen molar-refractivity contribution in [1.82, 2.24) is 4.90 Å². The van der Waals surface area contributed by atoms with E-state index in [9.17, 15) is 18.0 Å². The first-order chi connectivity index (χ1) is 13.6. The highest BCUT2D eigenvalue weighted by Gasteiger charge is 2.35. The van der Waals surface area contributed by atoms with Crippen LogP contribution in [0.2, 0.25) is 0 Å². The molecule has 1 saturated heterocycles. The molecule has 158 valence electrons. The Morgan fingerprint density at radius 2 is 1.90 bits per heavy atom. The number of nitrogens with zero attached hydrogens (tertiary/aromatic N) is 2. The molecule has 1 amide bonds. The third-order valence-corrected chi connectivity index (χ3v) is 6.25. The first kappa shape index (κ1) is 22.7. The highest BCUT2D eigenvalue weighted by Crippen LogP contribution is 2.19. The van der Waals surface area contributed by atoms with E-state index in [0.29, 0.717) is 24.3 Å². The molecule has 0 aromatic heterocycles. The van der Waals surface area contributed by atoms with Crippen LogP contribution in [0.4, 0.5) is 0 Å². The van der Waals surface area contributed by atoms with Crippen molar-refractivity contribution in [2.24, 2.45) is 5.92 Å². The summed E-state index contributed by atoms with van der Waals surface area (Å²) >= 11 is 0. The summed E-state index contributed by atoms with van der Waals surface area (Å²) < 4.78 is 34.1. The quantitative estimate of drug-likeness (QED) is 0.584. The standard InChI is InChI=1S/C20H26N2O6S/c1-14(2)11-22(17-8-9-29(25,26)13-17)19(23)12-27-20(24)15(3)28-18-6-4-16(10-21)5-7-18/h4-7,14-15,17H,8-9,11-13H2,1-3H3/t15-,17-/m0/s1. The van der Waals surface area contributed by atoms with E-state index in [1.165, 1.54) is 11.8 Å². The molecule has 1 aliphatic heterocycles. The second kappa shape index (κ2) is 9.74. The number of hydrogen-bond acceptors (Lipinski definition) is 7. The number of nitriles is 1. The number of sulfone groups is 1. The van der Waals surface area contributed by atoms with Gasteiger partial charge in [0.1, 0.15) is 5.75 Å². The Labute approximate surface area is 171 Å². The van der Waals surface area contributed by atoms with E-state index >= 15 is 0 Å². The summed E-state index contributed by atoms with van der Waals surface area (Å²) in [5, 5.41) is 8.79. The van der Waals surface area contributed by atoms with E-state index in [1.807, 2.05) is 19.9 Å². The number of carbonyl (C=O) groups is 2. The maximum absolute atomic E-state index is 12.6. The van der Waals surface area contributed by atoms with Crippen molar-refractivity contribution in [1.29, 1.82) is 5.26 Å². The minimum Gasteiger partial charge on any atom is -0.479 e. The lowest BCUT2D eigenvalue weighted by atomic mass is 10.1. The van der Waals surface area contributed by atoms with Crippen LogP contribution in [-0.4, -0.2) is 62.0 Å². The van der Waals surface area contributed by atoms with Crippen molar-refractivity contribution in [3.05, 3.63) is 29.8 Å². The molecule has 1 fully saturated rings. The number of esters is 1. The van der Waals surface area contributed by atoms with Gasteiger partial charge in [-0.25, -0.2) is 13.2 Å². The van der Waals surface area contributed by atoms with Gasteiger partial charge in [-0.1, -0.05) is 13.8 Å². The average Bonchev–Trinajstić information content (AvgIpc) is 3.03. The molecule has 1 heterocycles. The number of amides is 1. The molecule has 0 spiro atoms. The van der Waals surface area contributed by atoms with Gasteiger partial charge in [-0.05, 0) is 43.5 Å². The van der Waals surface area contributed by atoms with Crippen LogP contribution in [0.25, 0.3) is 0 Å². The van der Waals surface area contributed by atoms with Crippen molar-refractivity contribution in [2.75, 3.05) is 24.7 Å². The molecule has 29 heavy (non-hydrogen) atoms. The average molecular weight is 423 g/mol. The Morgan fingerprint density at radius 3 is 2.41 bits per heavy atom. The lowest BCUT2D eigenvalue weighted by Gasteiger charge is -2.29. The predicted octanol–water partition coefficient (Wildman–Crippen LogP) is 1.54. The van der Waals surface area contributed by atoms with Gasteiger partial charge < -0.3 is 14.4 Å². The minimum atomic E-state index is -3.14. The van der Waals surface area contributed by atoms with Gasteiger partial charge in [-0.3, -0.25) is 4.79 Å². The van der Waals surface area contributed by atoms with Crippen LogP contribution >= 0.6 is 0 Å². The molecule has 8 nitrogen and oxygen atoms in total. The van der Waals surface area contributed by atoms with Gasteiger partial charge in [0.05, 0.1) is 23.1 Å². The van der Waals surface area contributed by atoms with Gasteiger partial charge in [0, 0.05) is 12.6 Å². The van der Waals surface area contributed by atoms with Crippen molar-refractivity contribution in [3.63, 3.8) is 0 Å². The van der Waals surface area contributed by atoms with E-state index in [0.717, 1.165) is 0 Å². The molecule has 2 rings (SSSR count). The maximum atomic E-state index is 12.6. The molecule has 0 N–H and O–H groups in total. The van der Waals surface area contributed by atoms with Gasteiger partial charge in [0.25, 0.3) is 5.91 Å². The molecule has 0 saturated carbocycles. The van der Waals surface area contributed by atoms with Crippen LogP contribution in [0, 0.1) is 17.2 Å². The SMILES string of the molecule is CC(C)CN(C(=O)COC(=O)[C@H](C)Oc1ccc(C#N)cc1)[C@H]1CCS(=O)(=O)C1. The summed E-state index contributed by atoms with van der Waals surface area (Å²) in [5.41, 5.74) is 0.470. The highest BCUT2D eigenvalue weighted by molar-refractivity contribution is 7.91. The fraction of sp³-hybridized carbons (Fsp3) is 0.550. The van der Waals surface area contributed by atoms with Crippen molar-refractivity contribution < 1.29 is 27.5 Å². The van der Waals surface area contributed by atoms with Gasteiger partial charge in [0.2, 0.25) is 0 Å². The van der Waals surface area contributed by atoms with Crippen LogP contribution in [0.3, 0.4) is 0 Å². The first-order valence-electron chi connectivity index (χ1n) is 9.44. The minimum absolute atomic E-state index is 0.0579. The zero-order valence-corrected chi connectivity index (χ0v) is 17.6. The second-order valence-corrected chi connectivity index (χ2v) is 9.73. The van der Waals surface area contributed by atoms with Crippen molar-refractivity contribution in [3.8, 4) is 11.8 Å². The topological polar surface area (TPSA) is 114 Å². The van der Waals surface area contributed by atoms with E-state index < -0.39 is 34.4 Å². The maximum Gasteiger partial charge on any atom is 0.347 e. The lowest BCUT2D eigenvalue weighted by molar-refractivity contribution is -0.158. The Kier molecular flexibility index (Phi) is 7.62. The molecule has 2 atom stereocenters. The van der Waals surface area contributed by atoms with Crippen LogP contribution in [-0.2, 0) is 24.2 Å². The molecule has 1 aliphatic rings. The van der Waals surface area contributed by atoms with Gasteiger partial charge in [0.15, 0.2) is 22.5 Å². The molecule has 1 aromatic rings. The summed E-state index contributed by atoms with van der Waals surface area (Å²) in [5.74, 6) is -0.563. The number of rotatable bonds is 8. The summed E-state index contributed by atoms with van der Waals surface area (Å²) in [6.45, 7) is 5.30. The fourth-order valence-corrected chi connectivity index (χ4v) is 4.79. The summed E-state index contributed by atoms with van der Waals surface area (Å²) in [6, 6.07) is 7.87. The lowest BCUT2D eigenvalue weighted by Crippen LogP contribution is -2.45. The third-order valence-electron chi connectivity index (χ3n) is 4.50. The Bertz CT molecular complexity index is 873. The zero-order chi connectivity index (χ0) is 21.6. The summed E-state index contributed by atoms with van der Waals surface area (Å²) in [4.78, 5) is 26.3. The van der Waals surface area contributed by atoms with Crippen molar-refractivity contribution in [2.45, 2.75) is 39.3 Å². The van der Waals surface area contributed by atoms with E-state index in [2.05, 4.69) is 0 Å². The van der Waals surface area contributed by atoms with Crippen LogP contribution < -0.4 is 4.74 Å². The summed E-state index contributed by atoms with van der Waals surface area (Å²) in [6.07, 6.45) is -0.548. The molecule has 0 unspecified atom stereocenters. The number of carbonyl (C=O) groups excluding carboxylic acids is 2. The predicted molar refractivity (Wildman–Crippen MR) is 106 cm³/mol. The molecule has 0 aliphatic carbocycles. The third kappa shape index (κ3) is 6.75. The molecular formula is C20H26N2O6S. The Morgan fingerprint density at radius 1 is 1.24 bits per heavy atom. The smallest absolute Gasteiger partial charge is 0.347 e. The fourth-order valence-electron chi connectivity index (χ4n) is 3.06. The van der Waals surface area contributed by atoms with E-state index in [4.69, 9.17) is 14.7 Å². The molecule has 1 aromatic carbocycles. The highest BCUT2D eigenvalue weighted by atomic mass is 32.2. The largest absolute Gasteiger partial charge is 0.479 e. The molecule has 0 radical (unpaired) electrons. The molecule has 9 heteroatoms. The number of benzene rings is 1. The van der Waals surface area contributed by atoms with Crippen molar-refractivity contribution >= 4 is 21.7 Å². The van der Waals surface area contributed by atoms with Gasteiger partial charge in [-0.15, -0.1) is 0 Å². The van der Waals surface area contributed by atoms with Crippen LogP contribution in [0.5, 0.6) is 5.75 Å². The normalized spacial score (nSPS) is 18.7. The van der Waals surface area contributed by atoms with E-state index in [1.54, 1.807) is 24.3 Å². The monoisotopic (exact) mass is 422 g/mol. The summed E-state index contributed by atoms with van der Waals surface area (Å²) in [7, 11) is -3.14. The van der Waals surface area contributed by atoms with Gasteiger partial charge in [-0.2, -0.15) is 5.26 Å².